The number of hydrogen-bond donors (Lipinski definition) is 0. The van der Waals surface area contributed by atoms with Crippen LogP contribution in [-0.2, 0) is 11.8 Å². The molecule has 4 heteroatoms. The summed E-state index contributed by atoms with van der Waals surface area (Å²) in [7, 11) is 0. The van der Waals surface area contributed by atoms with Crippen LogP contribution >= 0.6 is 50.5 Å². The van der Waals surface area contributed by atoms with Gasteiger partial charge in [0.05, 0.1) is 0 Å². The molecule has 0 aliphatic rings. The molecule has 0 aliphatic heterocycles. The van der Waals surface area contributed by atoms with E-state index >= 15 is 0 Å². The second-order valence-electron chi connectivity index (χ2n) is 4.78. The molecule has 1 aromatic heterocycles. The normalized spacial score (nSPS) is 11.8. The SMILES string of the molecule is Cc1ccc(C(CCl)(CCl)Cc2sccc2Br)cc1. The Labute approximate surface area is 136 Å². The molecule has 0 unspecified atom stereocenters. The molecule has 0 atom stereocenters. The van der Waals surface area contributed by atoms with Crippen molar-refractivity contribution in [3.63, 3.8) is 0 Å². The molecular formula is C15H15BrCl2S. The molecule has 0 bridgehead atoms. The molecule has 1 heterocycles. The van der Waals surface area contributed by atoms with Gasteiger partial charge in [0.1, 0.15) is 0 Å². The van der Waals surface area contributed by atoms with Crippen molar-refractivity contribution in [2.24, 2.45) is 0 Å². The molecule has 0 amide bonds. The molecule has 0 nitrogen and oxygen atoms in total. The van der Waals surface area contributed by atoms with Crippen molar-refractivity contribution in [2.45, 2.75) is 18.8 Å². The summed E-state index contributed by atoms with van der Waals surface area (Å²) in [5, 5.41) is 2.09. The lowest BCUT2D eigenvalue weighted by Gasteiger charge is -2.30. The zero-order chi connectivity index (χ0) is 13.9. The average molecular weight is 378 g/mol. The van der Waals surface area contributed by atoms with Gasteiger partial charge < -0.3 is 0 Å². The molecule has 0 radical (unpaired) electrons. The summed E-state index contributed by atoms with van der Waals surface area (Å²) in [4.78, 5) is 1.29. The fourth-order valence-electron chi connectivity index (χ4n) is 2.05. The van der Waals surface area contributed by atoms with Crippen molar-refractivity contribution in [2.75, 3.05) is 11.8 Å². The third-order valence-corrected chi connectivity index (χ3v) is 6.32. The molecule has 2 aromatic rings. The van der Waals surface area contributed by atoms with Crippen molar-refractivity contribution in [3.05, 3.63) is 56.2 Å². The molecule has 0 aliphatic carbocycles. The first-order valence-corrected chi connectivity index (χ1v) is 8.76. The van der Waals surface area contributed by atoms with Crippen LogP contribution in [0.5, 0.6) is 0 Å². The zero-order valence-electron chi connectivity index (χ0n) is 10.6. The fraction of sp³-hybridized carbons (Fsp3) is 0.333. The highest BCUT2D eigenvalue weighted by Crippen LogP contribution is 2.36. The minimum Gasteiger partial charge on any atom is -0.148 e. The summed E-state index contributed by atoms with van der Waals surface area (Å²) < 4.78 is 1.14. The Morgan fingerprint density at radius 1 is 1.11 bits per heavy atom. The number of halogens is 3. The third-order valence-electron chi connectivity index (χ3n) is 3.37. The number of rotatable bonds is 5. The van der Waals surface area contributed by atoms with Crippen LogP contribution in [0.25, 0.3) is 0 Å². The summed E-state index contributed by atoms with van der Waals surface area (Å²) in [6, 6.07) is 10.6. The van der Waals surface area contributed by atoms with E-state index in [1.807, 2.05) is 0 Å². The topological polar surface area (TPSA) is 0 Å². The molecule has 102 valence electrons. The van der Waals surface area contributed by atoms with Crippen molar-refractivity contribution in [1.29, 1.82) is 0 Å². The summed E-state index contributed by atoms with van der Waals surface area (Å²) in [6.07, 6.45) is 0.862. The number of benzene rings is 1. The number of alkyl halides is 2. The number of thiophene rings is 1. The van der Waals surface area contributed by atoms with E-state index in [0.29, 0.717) is 11.8 Å². The quantitative estimate of drug-likeness (QED) is 0.579. The standard InChI is InChI=1S/C15H15BrCl2S/c1-11-2-4-12(5-3-11)15(9-17,10-18)8-14-13(16)6-7-19-14/h2-7H,8-10H2,1H3. The Morgan fingerprint density at radius 2 is 1.74 bits per heavy atom. The van der Waals surface area contributed by atoms with Crippen LogP contribution in [0.15, 0.2) is 40.2 Å². The van der Waals surface area contributed by atoms with Crippen LogP contribution in [0.4, 0.5) is 0 Å². The highest BCUT2D eigenvalue weighted by Gasteiger charge is 2.32. The minimum atomic E-state index is -0.204. The fourth-order valence-corrected chi connectivity index (χ4v) is 4.47. The van der Waals surface area contributed by atoms with Gasteiger partial charge in [0, 0.05) is 26.5 Å². The van der Waals surface area contributed by atoms with Crippen LogP contribution in [-0.4, -0.2) is 11.8 Å². The van der Waals surface area contributed by atoms with E-state index < -0.39 is 0 Å². The Kier molecular flexibility index (Phi) is 5.36. The van der Waals surface area contributed by atoms with Crippen LogP contribution in [0.2, 0.25) is 0 Å². The maximum Gasteiger partial charge on any atom is 0.0335 e. The van der Waals surface area contributed by atoms with Crippen LogP contribution in [0.3, 0.4) is 0 Å². The molecule has 19 heavy (non-hydrogen) atoms. The van der Waals surface area contributed by atoms with Crippen molar-refractivity contribution >= 4 is 50.5 Å². The van der Waals surface area contributed by atoms with Gasteiger partial charge in [-0.3, -0.25) is 0 Å². The molecule has 0 saturated carbocycles. The average Bonchev–Trinajstić information content (AvgIpc) is 2.82. The van der Waals surface area contributed by atoms with Crippen molar-refractivity contribution in [1.82, 2.24) is 0 Å². The van der Waals surface area contributed by atoms with Gasteiger partial charge in [-0.2, -0.15) is 0 Å². The maximum atomic E-state index is 6.27. The van der Waals surface area contributed by atoms with E-state index in [4.69, 9.17) is 23.2 Å². The summed E-state index contributed by atoms with van der Waals surface area (Å²) in [5.41, 5.74) is 2.26. The van der Waals surface area contributed by atoms with E-state index in [9.17, 15) is 0 Å². The molecule has 0 N–H and O–H groups in total. The zero-order valence-corrected chi connectivity index (χ0v) is 14.5. The highest BCUT2D eigenvalue weighted by molar-refractivity contribution is 9.10. The van der Waals surface area contributed by atoms with Gasteiger partial charge in [-0.05, 0) is 46.3 Å². The second kappa shape index (κ2) is 6.62. The summed E-state index contributed by atoms with van der Waals surface area (Å²) >= 11 is 17.9. The molecule has 0 spiro atoms. The van der Waals surface area contributed by atoms with Crippen LogP contribution in [0.1, 0.15) is 16.0 Å². The maximum absolute atomic E-state index is 6.27. The lowest BCUT2D eigenvalue weighted by atomic mass is 9.80. The minimum absolute atomic E-state index is 0.204. The van der Waals surface area contributed by atoms with Gasteiger partial charge in [-0.1, -0.05) is 29.8 Å². The van der Waals surface area contributed by atoms with Gasteiger partial charge in [-0.15, -0.1) is 34.5 Å². The first-order chi connectivity index (χ1) is 9.11. The predicted molar refractivity (Wildman–Crippen MR) is 90.0 cm³/mol. The molecule has 0 saturated heterocycles. The van der Waals surface area contributed by atoms with Gasteiger partial charge in [0.2, 0.25) is 0 Å². The van der Waals surface area contributed by atoms with Crippen molar-refractivity contribution in [3.8, 4) is 0 Å². The van der Waals surface area contributed by atoms with E-state index in [1.54, 1.807) is 11.3 Å². The van der Waals surface area contributed by atoms with Gasteiger partial charge in [-0.25, -0.2) is 0 Å². The van der Waals surface area contributed by atoms with Gasteiger partial charge >= 0.3 is 0 Å². The van der Waals surface area contributed by atoms with E-state index in [-0.39, 0.29) is 5.41 Å². The first-order valence-electron chi connectivity index (χ1n) is 6.02. The molecule has 2 rings (SSSR count). The molecule has 1 aromatic carbocycles. The third kappa shape index (κ3) is 3.36. The van der Waals surface area contributed by atoms with Crippen LogP contribution < -0.4 is 0 Å². The Balaban J connectivity index is 2.37. The Morgan fingerprint density at radius 3 is 2.21 bits per heavy atom. The highest BCUT2D eigenvalue weighted by atomic mass is 79.9. The Bertz CT molecular complexity index is 529. The molecule has 0 fully saturated rings. The first kappa shape index (κ1) is 15.4. The lowest BCUT2D eigenvalue weighted by Crippen LogP contribution is -2.33. The number of hydrogen-bond acceptors (Lipinski definition) is 1. The summed E-state index contributed by atoms with van der Waals surface area (Å²) in [6.45, 7) is 2.09. The van der Waals surface area contributed by atoms with Crippen molar-refractivity contribution < 1.29 is 0 Å². The van der Waals surface area contributed by atoms with E-state index in [1.165, 1.54) is 16.0 Å². The predicted octanol–water partition coefficient (Wildman–Crippen LogP) is 5.78. The largest absolute Gasteiger partial charge is 0.148 e. The van der Waals surface area contributed by atoms with Gasteiger partial charge in [0.25, 0.3) is 0 Å². The monoisotopic (exact) mass is 376 g/mol. The van der Waals surface area contributed by atoms with E-state index in [0.717, 1.165) is 10.9 Å². The van der Waals surface area contributed by atoms with Crippen LogP contribution in [0, 0.1) is 6.92 Å². The summed E-state index contributed by atoms with van der Waals surface area (Å²) in [5.74, 6) is 1.04. The Hall–Kier alpha value is -0.0200. The van der Waals surface area contributed by atoms with E-state index in [2.05, 4.69) is 58.6 Å². The number of aryl methyl sites for hydroxylation is 1. The van der Waals surface area contributed by atoms with Gasteiger partial charge in [0.15, 0.2) is 0 Å². The smallest absolute Gasteiger partial charge is 0.0335 e. The molecular weight excluding hydrogens is 363 g/mol. The second-order valence-corrected chi connectivity index (χ2v) is 7.17. The lowest BCUT2D eigenvalue weighted by molar-refractivity contribution is 0.540.